The van der Waals surface area contributed by atoms with E-state index < -0.39 is 10.2 Å². The van der Waals surface area contributed by atoms with E-state index in [4.69, 9.17) is 0 Å². The molecule has 3 aliphatic rings. The van der Waals surface area contributed by atoms with Crippen LogP contribution in [0.4, 0.5) is 0 Å². The molecule has 20 heavy (non-hydrogen) atoms. The average Bonchev–Trinajstić information content (AvgIpc) is 2.76. The zero-order valence-electron chi connectivity index (χ0n) is 12.3. The summed E-state index contributed by atoms with van der Waals surface area (Å²) in [5.41, 5.74) is 0. The van der Waals surface area contributed by atoms with Gasteiger partial charge in [0.1, 0.15) is 0 Å². The molecule has 6 heteroatoms. The van der Waals surface area contributed by atoms with Crippen LogP contribution < -0.4 is 5.32 Å². The minimum atomic E-state index is -3.23. The predicted octanol–water partition coefficient (Wildman–Crippen LogP) is 1.04. The van der Waals surface area contributed by atoms with E-state index in [1.165, 1.54) is 25.7 Å². The number of nitrogens with one attached hydrogen (secondary N) is 1. The summed E-state index contributed by atoms with van der Waals surface area (Å²) in [6.07, 6.45) is 7.13. The minimum Gasteiger partial charge on any atom is -0.315 e. The van der Waals surface area contributed by atoms with Crippen LogP contribution in [0.1, 0.15) is 38.5 Å². The molecule has 2 atom stereocenters. The summed E-state index contributed by atoms with van der Waals surface area (Å²) in [6.45, 7) is 4.48. The van der Waals surface area contributed by atoms with Crippen molar-refractivity contribution in [2.45, 2.75) is 38.5 Å². The molecular weight excluding hydrogens is 274 g/mol. The lowest BCUT2D eigenvalue weighted by atomic mass is 9.76. The normalized spacial score (nSPS) is 34.4. The summed E-state index contributed by atoms with van der Waals surface area (Å²) < 4.78 is 29.0. The van der Waals surface area contributed by atoms with Crippen molar-refractivity contribution >= 4 is 10.2 Å². The first-order chi connectivity index (χ1) is 9.68. The summed E-state index contributed by atoms with van der Waals surface area (Å²) in [6, 6.07) is 0. The molecule has 0 amide bonds. The number of rotatable bonds is 2. The average molecular weight is 301 g/mol. The molecule has 1 aliphatic carbocycles. The molecule has 3 rings (SSSR count). The first-order valence-electron chi connectivity index (χ1n) is 8.14. The second-order valence-corrected chi connectivity index (χ2v) is 8.39. The van der Waals surface area contributed by atoms with Crippen molar-refractivity contribution in [2.24, 2.45) is 11.8 Å². The van der Waals surface area contributed by atoms with E-state index in [1.807, 2.05) is 0 Å². The van der Waals surface area contributed by atoms with Crippen molar-refractivity contribution in [1.29, 1.82) is 0 Å². The maximum Gasteiger partial charge on any atom is 0.282 e. The van der Waals surface area contributed by atoms with Crippen molar-refractivity contribution in [3.8, 4) is 0 Å². The van der Waals surface area contributed by atoms with Gasteiger partial charge in [0.15, 0.2) is 0 Å². The van der Waals surface area contributed by atoms with Crippen LogP contribution in [0.25, 0.3) is 0 Å². The SMILES string of the molecule is O=S(=O)(N1CCCNCC1)N1CCC2CCCCC2C1. The van der Waals surface area contributed by atoms with Gasteiger partial charge in [0.05, 0.1) is 0 Å². The Hall–Kier alpha value is -0.170. The zero-order chi connectivity index (χ0) is 14.0. The van der Waals surface area contributed by atoms with Crippen LogP contribution in [0.5, 0.6) is 0 Å². The summed E-state index contributed by atoms with van der Waals surface area (Å²) in [4.78, 5) is 0. The lowest BCUT2D eigenvalue weighted by molar-refractivity contribution is 0.131. The van der Waals surface area contributed by atoms with Gasteiger partial charge in [-0.15, -0.1) is 0 Å². The van der Waals surface area contributed by atoms with Crippen LogP contribution in [0, 0.1) is 11.8 Å². The highest BCUT2D eigenvalue weighted by Gasteiger charge is 2.38. The molecule has 1 saturated carbocycles. The van der Waals surface area contributed by atoms with Gasteiger partial charge in [-0.05, 0) is 37.6 Å². The van der Waals surface area contributed by atoms with Crippen LogP contribution in [-0.4, -0.2) is 56.3 Å². The number of hydrogen-bond donors (Lipinski definition) is 1. The summed E-state index contributed by atoms with van der Waals surface area (Å²) in [5, 5.41) is 3.27. The Bertz CT molecular complexity index is 418. The van der Waals surface area contributed by atoms with Gasteiger partial charge >= 0.3 is 0 Å². The summed E-state index contributed by atoms with van der Waals surface area (Å²) in [5.74, 6) is 1.39. The standard InChI is InChI=1S/C14H27N3O2S/c18-20(19,16-9-3-7-15-8-11-16)17-10-6-13-4-1-2-5-14(13)12-17/h13-15H,1-12H2. The summed E-state index contributed by atoms with van der Waals surface area (Å²) >= 11 is 0. The van der Waals surface area contributed by atoms with Gasteiger partial charge in [-0.1, -0.05) is 19.3 Å². The second-order valence-electron chi connectivity index (χ2n) is 6.46. The van der Waals surface area contributed by atoms with Gasteiger partial charge in [0, 0.05) is 32.7 Å². The molecule has 5 nitrogen and oxygen atoms in total. The molecule has 0 aromatic carbocycles. The highest BCUT2D eigenvalue weighted by atomic mass is 32.2. The van der Waals surface area contributed by atoms with E-state index in [9.17, 15) is 8.42 Å². The van der Waals surface area contributed by atoms with Crippen molar-refractivity contribution in [2.75, 3.05) is 39.3 Å². The summed E-state index contributed by atoms with van der Waals surface area (Å²) in [7, 11) is -3.23. The molecule has 116 valence electrons. The fraction of sp³-hybridized carbons (Fsp3) is 1.00. The number of piperidine rings is 1. The van der Waals surface area contributed by atoms with Gasteiger partial charge in [0.2, 0.25) is 0 Å². The third kappa shape index (κ3) is 3.03. The van der Waals surface area contributed by atoms with E-state index >= 15 is 0 Å². The molecule has 3 fully saturated rings. The van der Waals surface area contributed by atoms with Gasteiger partial charge in [-0.25, -0.2) is 0 Å². The van der Waals surface area contributed by atoms with Crippen molar-refractivity contribution in [3.63, 3.8) is 0 Å². The maximum absolute atomic E-state index is 12.8. The van der Waals surface area contributed by atoms with Crippen LogP contribution in [0.2, 0.25) is 0 Å². The lowest BCUT2D eigenvalue weighted by Gasteiger charge is -2.41. The van der Waals surface area contributed by atoms with Crippen molar-refractivity contribution in [1.82, 2.24) is 13.9 Å². The largest absolute Gasteiger partial charge is 0.315 e. The first-order valence-corrected chi connectivity index (χ1v) is 9.53. The Morgan fingerprint density at radius 1 is 0.800 bits per heavy atom. The first kappa shape index (κ1) is 14.8. The smallest absolute Gasteiger partial charge is 0.282 e. The van der Waals surface area contributed by atoms with Crippen molar-refractivity contribution in [3.05, 3.63) is 0 Å². The predicted molar refractivity (Wildman–Crippen MR) is 79.6 cm³/mol. The quantitative estimate of drug-likeness (QED) is 0.829. The molecule has 0 radical (unpaired) electrons. The highest BCUT2D eigenvalue weighted by Crippen LogP contribution is 2.37. The molecule has 2 unspecified atom stereocenters. The Morgan fingerprint density at radius 3 is 2.45 bits per heavy atom. The number of nitrogens with zero attached hydrogens (tertiary/aromatic N) is 2. The fourth-order valence-electron chi connectivity index (χ4n) is 3.99. The molecule has 0 spiro atoms. The Morgan fingerprint density at radius 2 is 1.60 bits per heavy atom. The van der Waals surface area contributed by atoms with Gasteiger partial charge < -0.3 is 5.32 Å². The monoisotopic (exact) mass is 301 g/mol. The van der Waals surface area contributed by atoms with E-state index in [-0.39, 0.29) is 0 Å². The molecule has 0 bridgehead atoms. The lowest BCUT2D eigenvalue weighted by Crippen LogP contribution is -2.51. The molecule has 2 aliphatic heterocycles. The van der Waals surface area contributed by atoms with E-state index in [2.05, 4.69) is 5.32 Å². The fourth-order valence-corrected chi connectivity index (χ4v) is 5.72. The molecule has 0 aromatic rings. The molecular formula is C14H27N3O2S. The molecule has 2 heterocycles. The van der Waals surface area contributed by atoms with Gasteiger partial charge in [-0.3, -0.25) is 0 Å². The molecule has 2 saturated heterocycles. The molecule has 1 N–H and O–H groups in total. The Labute approximate surface area is 122 Å². The zero-order valence-corrected chi connectivity index (χ0v) is 13.1. The third-order valence-electron chi connectivity index (χ3n) is 5.21. The van der Waals surface area contributed by atoms with Gasteiger partial charge in [-0.2, -0.15) is 17.0 Å². The van der Waals surface area contributed by atoms with Crippen LogP contribution in [0.15, 0.2) is 0 Å². The Balaban J connectivity index is 1.67. The van der Waals surface area contributed by atoms with Crippen LogP contribution in [0.3, 0.4) is 0 Å². The Kier molecular flexibility index (Phi) is 4.65. The number of fused-ring (bicyclic) bond motifs is 1. The third-order valence-corrected chi connectivity index (χ3v) is 7.21. The van der Waals surface area contributed by atoms with E-state index in [0.717, 1.165) is 44.9 Å². The van der Waals surface area contributed by atoms with Crippen LogP contribution >= 0.6 is 0 Å². The highest BCUT2D eigenvalue weighted by molar-refractivity contribution is 7.86. The maximum atomic E-state index is 12.8. The van der Waals surface area contributed by atoms with Crippen LogP contribution in [-0.2, 0) is 10.2 Å². The topological polar surface area (TPSA) is 52.7 Å². The van der Waals surface area contributed by atoms with Gasteiger partial charge in [0.25, 0.3) is 10.2 Å². The molecule has 0 aromatic heterocycles. The van der Waals surface area contributed by atoms with Crippen molar-refractivity contribution < 1.29 is 8.42 Å². The number of hydrogen-bond acceptors (Lipinski definition) is 3. The van der Waals surface area contributed by atoms with E-state index in [1.54, 1.807) is 8.61 Å². The second kappa shape index (κ2) is 6.30. The minimum absolute atomic E-state index is 0.609. The van der Waals surface area contributed by atoms with E-state index in [0.29, 0.717) is 19.0 Å².